The number of hydrogen-bond donors (Lipinski definition) is 1. The van der Waals surface area contributed by atoms with Crippen molar-refractivity contribution in [2.75, 3.05) is 21.2 Å². The van der Waals surface area contributed by atoms with Crippen molar-refractivity contribution in [1.82, 2.24) is 10.2 Å². The average Bonchev–Trinajstić information content (AvgIpc) is 2.80. The van der Waals surface area contributed by atoms with E-state index in [1.165, 1.54) is 11.1 Å². The third-order valence-electron chi connectivity index (χ3n) is 3.47. The molecule has 0 spiro atoms. The molecule has 0 saturated carbocycles. The van der Waals surface area contributed by atoms with Gasteiger partial charge in [-0.2, -0.15) is 0 Å². The number of rotatable bonds is 7. The van der Waals surface area contributed by atoms with E-state index in [4.69, 9.17) is 9.15 Å². The Morgan fingerprint density at radius 3 is 2.52 bits per heavy atom. The van der Waals surface area contributed by atoms with Gasteiger partial charge >= 0.3 is 0 Å². The summed E-state index contributed by atoms with van der Waals surface area (Å²) in [7, 11) is 5.73. The van der Waals surface area contributed by atoms with Crippen LogP contribution in [-0.2, 0) is 19.6 Å². The van der Waals surface area contributed by atoms with Gasteiger partial charge in [0, 0.05) is 18.7 Å². The minimum atomic E-state index is 0.767. The monoisotopic (exact) mass is 288 g/mol. The number of nitrogens with one attached hydrogen (secondary N) is 1. The molecule has 2 aromatic rings. The smallest absolute Gasteiger partial charge is 0.118 e. The lowest BCUT2D eigenvalue weighted by Crippen LogP contribution is -2.17. The van der Waals surface area contributed by atoms with Crippen molar-refractivity contribution in [2.24, 2.45) is 0 Å². The van der Waals surface area contributed by atoms with Crippen LogP contribution in [0.15, 0.2) is 34.7 Å². The van der Waals surface area contributed by atoms with E-state index in [2.05, 4.69) is 35.5 Å². The molecule has 4 heteroatoms. The third-order valence-corrected chi connectivity index (χ3v) is 3.47. The van der Waals surface area contributed by atoms with E-state index in [0.717, 1.165) is 36.9 Å². The van der Waals surface area contributed by atoms with Gasteiger partial charge in [0.2, 0.25) is 0 Å². The van der Waals surface area contributed by atoms with Gasteiger partial charge in [0.25, 0.3) is 0 Å². The summed E-state index contributed by atoms with van der Waals surface area (Å²) in [5.41, 5.74) is 2.52. The van der Waals surface area contributed by atoms with Gasteiger partial charge < -0.3 is 14.5 Å². The highest BCUT2D eigenvalue weighted by Crippen LogP contribution is 2.18. The molecule has 0 aliphatic carbocycles. The van der Waals surface area contributed by atoms with Crippen molar-refractivity contribution in [3.05, 3.63) is 53.0 Å². The van der Waals surface area contributed by atoms with E-state index in [-0.39, 0.29) is 0 Å². The first-order valence-electron chi connectivity index (χ1n) is 7.16. The molecule has 0 atom stereocenters. The molecule has 0 aliphatic heterocycles. The minimum absolute atomic E-state index is 0.767. The summed E-state index contributed by atoms with van der Waals surface area (Å²) in [6.07, 6.45) is 0. The quantitative estimate of drug-likeness (QED) is 0.850. The second-order valence-corrected chi connectivity index (χ2v) is 5.34. The number of hydrogen-bond acceptors (Lipinski definition) is 4. The van der Waals surface area contributed by atoms with Crippen LogP contribution < -0.4 is 10.1 Å². The van der Waals surface area contributed by atoms with Gasteiger partial charge in [-0.3, -0.25) is 4.90 Å². The van der Waals surface area contributed by atoms with Crippen molar-refractivity contribution >= 4 is 0 Å². The molecule has 0 bridgehead atoms. The van der Waals surface area contributed by atoms with Crippen LogP contribution in [0.3, 0.4) is 0 Å². The number of methoxy groups -OCH3 is 1. The van der Waals surface area contributed by atoms with Crippen LogP contribution in [0.5, 0.6) is 5.75 Å². The summed E-state index contributed by atoms with van der Waals surface area (Å²) in [6, 6.07) is 10.3. The number of aryl methyl sites for hydroxylation is 1. The van der Waals surface area contributed by atoms with E-state index < -0.39 is 0 Å². The fourth-order valence-corrected chi connectivity index (χ4v) is 2.40. The Balaban J connectivity index is 1.95. The largest absolute Gasteiger partial charge is 0.497 e. The SMILES string of the molecule is CNCc1cc(CN(C)Cc2ccc(OC)cc2)c(C)o1. The highest BCUT2D eigenvalue weighted by Gasteiger charge is 2.10. The lowest BCUT2D eigenvalue weighted by molar-refractivity contribution is 0.316. The van der Waals surface area contributed by atoms with E-state index in [1.807, 2.05) is 26.1 Å². The highest BCUT2D eigenvalue weighted by atomic mass is 16.5. The molecule has 1 aromatic carbocycles. The van der Waals surface area contributed by atoms with Gasteiger partial charge in [-0.1, -0.05) is 12.1 Å². The molecule has 0 radical (unpaired) electrons. The van der Waals surface area contributed by atoms with Gasteiger partial charge in [-0.25, -0.2) is 0 Å². The molecular weight excluding hydrogens is 264 g/mol. The molecule has 0 fully saturated rings. The van der Waals surface area contributed by atoms with Crippen LogP contribution in [0, 0.1) is 6.92 Å². The van der Waals surface area contributed by atoms with Gasteiger partial charge in [0.15, 0.2) is 0 Å². The van der Waals surface area contributed by atoms with E-state index in [1.54, 1.807) is 7.11 Å². The normalized spacial score (nSPS) is 11.1. The van der Waals surface area contributed by atoms with E-state index in [9.17, 15) is 0 Å². The molecule has 1 heterocycles. The van der Waals surface area contributed by atoms with Crippen LogP contribution >= 0.6 is 0 Å². The Hall–Kier alpha value is -1.78. The first-order chi connectivity index (χ1) is 10.1. The average molecular weight is 288 g/mol. The van der Waals surface area contributed by atoms with Gasteiger partial charge in [-0.15, -0.1) is 0 Å². The predicted octanol–water partition coefficient (Wildman–Crippen LogP) is 2.95. The molecule has 114 valence electrons. The molecular formula is C17H24N2O2. The molecule has 1 aromatic heterocycles. The summed E-state index contributed by atoms with van der Waals surface area (Å²) in [5.74, 6) is 2.88. The number of nitrogens with zero attached hydrogens (tertiary/aromatic N) is 1. The maximum atomic E-state index is 5.73. The number of benzene rings is 1. The zero-order chi connectivity index (χ0) is 15.2. The molecule has 4 nitrogen and oxygen atoms in total. The first kappa shape index (κ1) is 15.6. The Morgan fingerprint density at radius 1 is 1.19 bits per heavy atom. The van der Waals surface area contributed by atoms with Gasteiger partial charge in [0.1, 0.15) is 17.3 Å². The van der Waals surface area contributed by atoms with Crippen LogP contribution in [0.4, 0.5) is 0 Å². The lowest BCUT2D eigenvalue weighted by atomic mass is 10.2. The molecule has 0 saturated heterocycles. The molecule has 1 N–H and O–H groups in total. The molecule has 2 rings (SSSR count). The van der Waals surface area contributed by atoms with Crippen LogP contribution in [-0.4, -0.2) is 26.1 Å². The predicted molar refractivity (Wildman–Crippen MR) is 84.4 cm³/mol. The van der Waals surface area contributed by atoms with E-state index >= 15 is 0 Å². The third kappa shape index (κ3) is 4.34. The summed E-state index contributed by atoms with van der Waals surface area (Å²) in [4.78, 5) is 2.28. The lowest BCUT2D eigenvalue weighted by Gasteiger charge is -2.16. The Kier molecular flexibility index (Phi) is 5.42. The maximum Gasteiger partial charge on any atom is 0.118 e. The Labute approximate surface area is 126 Å². The Bertz CT molecular complexity index is 561. The molecule has 21 heavy (non-hydrogen) atoms. The second kappa shape index (κ2) is 7.29. The van der Waals surface area contributed by atoms with Crippen molar-refractivity contribution in [3.8, 4) is 5.75 Å². The van der Waals surface area contributed by atoms with Gasteiger partial charge in [-0.05, 0) is 44.8 Å². The summed E-state index contributed by atoms with van der Waals surface area (Å²) < 4.78 is 10.9. The van der Waals surface area contributed by atoms with Gasteiger partial charge in [0.05, 0.1) is 13.7 Å². The van der Waals surface area contributed by atoms with Crippen LogP contribution in [0.25, 0.3) is 0 Å². The zero-order valence-electron chi connectivity index (χ0n) is 13.3. The zero-order valence-corrected chi connectivity index (χ0v) is 13.3. The van der Waals surface area contributed by atoms with Crippen LogP contribution in [0.2, 0.25) is 0 Å². The molecule has 0 aliphatic rings. The fraction of sp³-hybridized carbons (Fsp3) is 0.412. The standard InChI is InChI=1S/C17H24N2O2/c1-13-15(9-17(21-13)10-18-2)12-19(3)11-14-5-7-16(20-4)8-6-14/h5-9,18H,10-12H2,1-4H3. The van der Waals surface area contributed by atoms with Crippen molar-refractivity contribution in [1.29, 1.82) is 0 Å². The first-order valence-corrected chi connectivity index (χ1v) is 7.16. The maximum absolute atomic E-state index is 5.73. The van der Waals surface area contributed by atoms with E-state index in [0.29, 0.717) is 0 Å². The summed E-state index contributed by atoms with van der Waals surface area (Å²) in [5, 5.41) is 3.11. The highest BCUT2D eigenvalue weighted by molar-refractivity contribution is 5.27. The minimum Gasteiger partial charge on any atom is -0.497 e. The molecule has 0 unspecified atom stereocenters. The topological polar surface area (TPSA) is 37.6 Å². The summed E-state index contributed by atoms with van der Waals surface area (Å²) >= 11 is 0. The second-order valence-electron chi connectivity index (χ2n) is 5.34. The van der Waals surface area contributed by atoms with Crippen molar-refractivity contribution in [3.63, 3.8) is 0 Å². The number of ether oxygens (including phenoxy) is 1. The summed E-state index contributed by atoms with van der Waals surface area (Å²) in [6.45, 7) is 4.57. The fourth-order valence-electron chi connectivity index (χ4n) is 2.40. The molecule has 0 amide bonds. The van der Waals surface area contributed by atoms with Crippen LogP contribution in [0.1, 0.15) is 22.6 Å². The number of furan rings is 1. The van der Waals surface area contributed by atoms with Crippen molar-refractivity contribution in [2.45, 2.75) is 26.6 Å². The van der Waals surface area contributed by atoms with Crippen molar-refractivity contribution < 1.29 is 9.15 Å². The Morgan fingerprint density at radius 2 is 1.90 bits per heavy atom.